The zero-order valence-electron chi connectivity index (χ0n) is 18.0. The maximum atomic E-state index is 12.9. The fraction of sp³-hybridized carbons (Fsp3) is 0.400. The highest BCUT2D eigenvalue weighted by Gasteiger charge is 2.38. The van der Waals surface area contributed by atoms with E-state index < -0.39 is 0 Å². The second-order valence-electron chi connectivity index (χ2n) is 8.75. The van der Waals surface area contributed by atoms with Crippen molar-refractivity contribution in [2.24, 2.45) is 0 Å². The molecule has 4 nitrogen and oxygen atoms in total. The van der Waals surface area contributed by atoms with Crippen molar-refractivity contribution in [1.29, 1.82) is 0 Å². The molecule has 1 fully saturated rings. The molecule has 29 heavy (non-hydrogen) atoms. The van der Waals surface area contributed by atoms with E-state index in [4.69, 9.17) is 0 Å². The van der Waals surface area contributed by atoms with Gasteiger partial charge in [-0.15, -0.1) is 0 Å². The fourth-order valence-corrected chi connectivity index (χ4v) is 4.74. The molecule has 4 heteroatoms. The second kappa shape index (κ2) is 7.68. The number of piperazine rings is 1. The minimum atomic E-state index is -0.148. The van der Waals surface area contributed by atoms with Crippen molar-refractivity contribution >= 4 is 17.2 Å². The summed E-state index contributed by atoms with van der Waals surface area (Å²) in [5.74, 6) is 0.192. The van der Waals surface area contributed by atoms with E-state index in [1.54, 1.807) is 0 Å². The summed E-state index contributed by atoms with van der Waals surface area (Å²) in [7, 11) is 2.06. The summed E-state index contributed by atoms with van der Waals surface area (Å²) < 4.78 is 0. The maximum absolute atomic E-state index is 12.9. The monoisotopic (exact) mass is 389 g/mol. The molecular weight excluding hydrogens is 358 g/mol. The van der Waals surface area contributed by atoms with E-state index in [-0.39, 0.29) is 11.2 Å². The molecule has 1 saturated heterocycles. The van der Waals surface area contributed by atoms with Crippen LogP contribution in [0.1, 0.15) is 25.0 Å². The molecule has 0 radical (unpaired) electrons. The third kappa shape index (κ3) is 3.69. The summed E-state index contributed by atoms with van der Waals surface area (Å²) in [6.45, 7) is 10.8. The normalized spacial score (nSPS) is 20.2. The van der Waals surface area contributed by atoms with Crippen molar-refractivity contribution in [1.82, 2.24) is 4.90 Å². The van der Waals surface area contributed by atoms with Crippen molar-refractivity contribution in [3.8, 4) is 0 Å². The van der Waals surface area contributed by atoms with Crippen LogP contribution in [0.25, 0.3) is 0 Å². The Morgan fingerprint density at radius 3 is 2.24 bits per heavy atom. The Hall–Kier alpha value is -2.59. The Morgan fingerprint density at radius 2 is 1.59 bits per heavy atom. The van der Waals surface area contributed by atoms with E-state index in [2.05, 4.69) is 91.0 Å². The zero-order valence-corrected chi connectivity index (χ0v) is 18.0. The van der Waals surface area contributed by atoms with Crippen LogP contribution in [0.2, 0.25) is 0 Å². The van der Waals surface area contributed by atoms with Gasteiger partial charge in [0.25, 0.3) is 0 Å². The number of aryl methyl sites for hydroxylation is 1. The van der Waals surface area contributed by atoms with Gasteiger partial charge in [0.15, 0.2) is 5.78 Å². The first-order valence-corrected chi connectivity index (χ1v) is 10.5. The van der Waals surface area contributed by atoms with E-state index in [1.807, 2.05) is 6.08 Å². The molecule has 0 unspecified atom stereocenters. The van der Waals surface area contributed by atoms with Crippen LogP contribution in [-0.2, 0) is 10.2 Å². The molecule has 152 valence electrons. The third-order valence-electron chi connectivity index (χ3n) is 6.45. The maximum Gasteiger partial charge on any atom is 0.171 e. The molecule has 0 N–H and O–H groups in total. The molecule has 0 atom stereocenters. The first-order chi connectivity index (χ1) is 13.9. The fourth-order valence-electron chi connectivity index (χ4n) is 4.74. The molecule has 0 bridgehead atoms. The average molecular weight is 390 g/mol. The van der Waals surface area contributed by atoms with E-state index >= 15 is 0 Å². The van der Waals surface area contributed by atoms with Gasteiger partial charge >= 0.3 is 0 Å². The van der Waals surface area contributed by atoms with Gasteiger partial charge in [0.05, 0.1) is 6.54 Å². The first kappa shape index (κ1) is 19.7. The van der Waals surface area contributed by atoms with Gasteiger partial charge in [0.2, 0.25) is 0 Å². The summed E-state index contributed by atoms with van der Waals surface area (Å²) in [5.41, 5.74) is 6.05. The number of para-hydroxylation sites is 2. The number of nitrogens with zero attached hydrogens (tertiary/aromatic N) is 3. The number of allylic oxidation sites excluding steroid dienone is 1. The molecule has 0 saturated carbocycles. The lowest BCUT2D eigenvalue weighted by molar-refractivity contribution is -0.115. The summed E-state index contributed by atoms with van der Waals surface area (Å²) in [6.07, 6.45) is 1.87. The summed E-state index contributed by atoms with van der Waals surface area (Å²) in [5, 5.41) is 0. The molecule has 2 aliphatic heterocycles. The van der Waals surface area contributed by atoms with E-state index in [0.717, 1.165) is 31.9 Å². The lowest BCUT2D eigenvalue weighted by atomic mass is 9.83. The van der Waals surface area contributed by atoms with Crippen LogP contribution >= 0.6 is 0 Å². The molecule has 0 spiro atoms. The Kier molecular flexibility index (Phi) is 5.22. The van der Waals surface area contributed by atoms with Crippen molar-refractivity contribution in [3.63, 3.8) is 0 Å². The number of benzene rings is 2. The third-order valence-corrected chi connectivity index (χ3v) is 6.45. The van der Waals surface area contributed by atoms with Gasteiger partial charge in [0, 0.05) is 61.8 Å². The number of anilines is 2. The summed E-state index contributed by atoms with van der Waals surface area (Å²) >= 11 is 0. The highest BCUT2D eigenvalue weighted by molar-refractivity contribution is 5.94. The van der Waals surface area contributed by atoms with Gasteiger partial charge in [-0.3, -0.25) is 9.69 Å². The number of carbonyl (C=O) groups is 1. The predicted molar refractivity (Wildman–Crippen MR) is 121 cm³/mol. The van der Waals surface area contributed by atoms with Crippen molar-refractivity contribution in [2.75, 3.05) is 49.6 Å². The molecular formula is C25H31N3O. The Morgan fingerprint density at radius 1 is 0.966 bits per heavy atom. The Balaban J connectivity index is 1.40. The minimum Gasteiger partial charge on any atom is -0.369 e. The average Bonchev–Trinajstić information content (AvgIpc) is 2.90. The molecule has 4 rings (SSSR count). The lowest BCUT2D eigenvalue weighted by Gasteiger charge is -2.36. The van der Waals surface area contributed by atoms with E-state index in [9.17, 15) is 4.79 Å². The minimum absolute atomic E-state index is 0.148. The highest BCUT2D eigenvalue weighted by atomic mass is 16.1. The highest BCUT2D eigenvalue weighted by Crippen LogP contribution is 2.46. The molecule has 0 aliphatic carbocycles. The summed E-state index contributed by atoms with van der Waals surface area (Å²) in [6, 6.07) is 17.0. The zero-order chi connectivity index (χ0) is 20.6. The lowest BCUT2D eigenvalue weighted by Crippen LogP contribution is -2.48. The molecule has 0 amide bonds. The van der Waals surface area contributed by atoms with Crippen LogP contribution in [0.15, 0.2) is 60.3 Å². The standard InChI is InChI=1S/C25H31N3O/c1-19-9-5-7-11-22(19)28-15-13-27(14-16-28)18-20(29)17-24-25(2,3)21-10-6-8-12-23(21)26(24)4/h5-12,17H,13-16,18H2,1-4H3/b24-17-. The van der Waals surface area contributed by atoms with Gasteiger partial charge < -0.3 is 9.80 Å². The number of carbonyl (C=O) groups excluding carboxylic acids is 1. The van der Waals surface area contributed by atoms with Crippen molar-refractivity contribution in [3.05, 3.63) is 71.4 Å². The molecule has 2 aliphatic rings. The number of likely N-dealkylation sites (N-methyl/N-ethyl adjacent to an activating group) is 1. The van der Waals surface area contributed by atoms with Crippen molar-refractivity contribution < 1.29 is 4.79 Å². The largest absolute Gasteiger partial charge is 0.369 e. The number of fused-ring (bicyclic) bond motifs is 1. The van der Waals surface area contributed by atoms with E-state index in [1.165, 1.54) is 22.5 Å². The van der Waals surface area contributed by atoms with Crippen LogP contribution < -0.4 is 9.80 Å². The van der Waals surface area contributed by atoms with Crippen LogP contribution in [0.3, 0.4) is 0 Å². The van der Waals surface area contributed by atoms with Gasteiger partial charge in [0.1, 0.15) is 0 Å². The van der Waals surface area contributed by atoms with Crippen molar-refractivity contribution in [2.45, 2.75) is 26.2 Å². The number of ketones is 1. The Labute approximate surface area is 174 Å². The molecule has 2 aromatic carbocycles. The number of rotatable bonds is 4. The summed E-state index contributed by atoms with van der Waals surface area (Å²) in [4.78, 5) is 19.8. The van der Waals surface area contributed by atoms with Crippen LogP contribution in [0.5, 0.6) is 0 Å². The van der Waals surface area contributed by atoms with Gasteiger partial charge in [-0.25, -0.2) is 0 Å². The molecule has 2 heterocycles. The quantitative estimate of drug-likeness (QED) is 0.739. The molecule has 0 aromatic heterocycles. The van der Waals surface area contributed by atoms with Gasteiger partial charge in [-0.05, 0) is 30.2 Å². The first-order valence-electron chi connectivity index (χ1n) is 10.5. The van der Waals surface area contributed by atoms with Crippen LogP contribution in [0.4, 0.5) is 11.4 Å². The smallest absolute Gasteiger partial charge is 0.171 e. The van der Waals surface area contributed by atoms with Crippen LogP contribution in [0, 0.1) is 6.92 Å². The van der Waals surface area contributed by atoms with Gasteiger partial charge in [-0.2, -0.15) is 0 Å². The van der Waals surface area contributed by atoms with Gasteiger partial charge in [-0.1, -0.05) is 50.2 Å². The van der Waals surface area contributed by atoms with Crippen LogP contribution in [-0.4, -0.2) is 50.5 Å². The number of hydrogen-bond acceptors (Lipinski definition) is 4. The number of hydrogen-bond donors (Lipinski definition) is 0. The second-order valence-corrected chi connectivity index (χ2v) is 8.75. The SMILES string of the molecule is Cc1ccccc1N1CCN(CC(=O)/C=C2\N(C)c3ccccc3C2(C)C)CC1. The molecule has 2 aromatic rings. The van der Waals surface area contributed by atoms with E-state index in [0.29, 0.717) is 6.54 Å². The Bertz CT molecular complexity index is 939. The predicted octanol–water partition coefficient (Wildman–Crippen LogP) is 4.00. The topological polar surface area (TPSA) is 26.8 Å².